The van der Waals surface area contributed by atoms with E-state index in [1.54, 1.807) is 20.8 Å². The summed E-state index contributed by atoms with van der Waals surface area (Å²) in [7, 11) is 0. The van der Waals surface area contributed by atoms with E-state index in [0.717, 1.165) is 5.56 Å². The van der Waals surface area contributed by atoms with Gasteiger partial charge in [-0.3, -0.25) is 0 Å². The van der Waals surface area contributed by atoms with Gasteiger partial charge >= 0.3 is 6.09 Å². The predicted octanol–water partition coefficient (Wildman–Crippen LogP) is 2.41. The molecule has 2 N–H and O–H groups in total. The number of aliphatic hydroxyl groups excluding tert-OH is 1. The standard InChI is InChI=1S/C17H23N3O4/c1-17(2,3)23-16(22)18-13(11-12-7-5-4-6-8-12)15-19-14(9-10-21)20-24-15/h4-8,13,21H,9-11H2,1-3H3,(H,18,22)/t13-/m0/s1. The molecule has 2 rings (SSSR count). The Kier molecular flexibility index (Phi) is 5.92. The summed E-state index contributed by atoms with van der Waals surface area (Å²) >= 11 is 0. The predicted molar refractivity (Wildman–Crippen MR) is 87.3 cm³/mol. The molecule has 0 radical (unpaired) electrons. The number of carbonyl (C=O) groups excluding carboxylic acids is 1. The summed E-state index contributed by atoms with van der Waals surface area (Å²) in [5.74, 6) is 0.685. The second-order valence-corrected chi connectivity index (χ2v) is 6.41. The van der Waals surface area contributed by atoms with Gasteiger partial charge in [0.15, 0.2) is 5.82 Å². The number of nitrogens with zero attached hydrogens (tertiary/aromatic N) is 2. The SMILES string of the molecule is CC(C)(C)OC(=O)N[C@@H](Cc1ccccc1)c1nc(CCO)no1. The van der Waals surface area contributed by atoms with Gasteiger partial charge < -0.3 is 19.7 Å². The van der Waals surface area contributed by atoms with Crippen molar-refractivity contribution in [2.75, 3.05) is 6.61 Å². The van der Waals surface area contributed by atoms with E-state index in [2.05, 4.69) is 15.5 Å². The highest BCUT2D eigenvalue weighted by Crippen LogP contribution is 2.18. The molecule has 1 aromatic heterocycles. The lowest BCUT2D eigenvalue weighted by Crippen LogP contribution is -2.36. The Morgan fingerprint density at radius 3 is 2.67 bits per heavy atom. The molecule has 7 heteroatoms. The van der Waals surface area contributed by atoms with Gasteiger partial charge in [0.25, 0.3) is 0 Å². The van der Waals surface area contributed by atoms with Gasteiger partial charge in [-0.2, -0.15) is 4.98 Å². The lowest BCUT2D eigenvalue weighted by Gasteiger charge is -2.22. The van der Waals surface area contributed by atoms with E-state index in [4.69, 9.17) is 14.4 Å². The second-order valence-electron chi connectivity index (χ2n) is 6.41. The summed E-state index contributed by atoms with van der Waals surface area (Å²) in [4.78, 5) is 16.3. The number of hydrogen-bond donors (Lipinski definition) is 2. The molecule has 0 spiro atoms. The van der Waals surface area contributed by atoms with E-state index in [9.17, 15) is 4.79 Å². The lowest BCUT2D eigenvalue weighted by molar-refractivity contribution is 0.0493. The maximum Gasteiger partial charge on any atom is 0.408 e. The Hall–Kier alpha value is -2.41. The third-order valence-electron chi connectivity index (χ3n) is 3.09. The first-order chi connectivity index (χ1) is 11.4. The van der Waals surface area contributed by atoms with E-state index in [1.165, 1.54) is 0 Å². The molecule has 1 heterocycles. The molecule has 24 heavy (non-hydrogen) atoms. The van der Waals surface area contributed by atoms with Gasteiger partial charge in [-0.25, -0.2) is 4.79 Å². The van der Waals surface area contributed by atoms with Crippen LogP contribution in [0.4, 0.5) is 4.79 Å². The number of aromatic nitrogens is 2. The molecule has 0 fully saturated rings. The fourth-order valence-corrected chi connectivity index (χ4v) is 2.11. The largest absolute Gasteiger partial charge is 0.444 e. The summed E-state index contributed by atoms with van der Waals surface area (Å²) in [6.07, 6.45) is 0.236. The molecule has 0 aliphatic carbocycles. The van der Waals surface area contributed by atoms with Crippen molar-refractivity contribution >= 4 is 6.09 Å². The number of alkyl carbamates (subject to hydrolysis) is 1. The monoisotopic (exact) mass is 333 g/mol. The lowest BCUT2D eigenvalue weighted by atomic mass is 10.1. The molecule has 1 atom stereocenters. The van der Waals surface area contributed by atoms with E-state index < -0.39 is 17.7 Å². The van der Waals surface area contributed by atoms with Gasteiger partial charge in [0.05, 0.1) is 6.61 Å². The molecule has 130 valence electrons. The first-order valence-electron chi connectivity index (χ1n) is 7.84. The Bertz CT molecular complexity index is 649. The second kappa shape index (κ2) is 7.92. The quantitative estimate of drug-likeness (QED) is 0.842. The van der Waals surface area contributed by atoms with E-state index in [1.807, 2.05) is 30.3 Å². The van der Waals surface area contributed by atoms with Crippen molar-refractivity contribution in [3.63, 3.8) is 0 Å². The average Bonchev–Trinajstić information content (AvgIpc) is 2.95. The molecule has 1 aromatic carbocycles. The van der Waals surface area contributed by atoms with Crippen LogP contribution < -0.4 is 5.32 Å². The molecule has 0 aliphatic rings. The zero-order valence-corrected chi connectivity index (χ0v) is 14.2. The van der Waals surface area contributed by atoms with Gasteiger partial charge in [-0.1, -0.05) is 35.5 Å². The van der Waals surface area contributed by atoms with Crippen molar-refractivity contribution in [1.29, 1.82) is 0 Å². The minimum atomic E-state index is -0.599. The number of aliphatic hydroxyl groups is 1. The van der Waals surface area contributed by atoms with Gasteiger partial charge in [0.2, 0.25) is 5.89 Å². The number of ether oxygens (including phenoxy) is 1. The van der Waals surface area contributed by atoms with Crippen LogP contribution >= 0.6 is 0 Å². The summed E-state index contributed by atoms with van der Waals surface area (Å²) in [6.45, 7) is 5.32. The van der Waals surface area contributed by atoms with Gasteiger partial charge in [0.1, 0.15) is 11.6 Å². The number of hydrogen-bond acceptors (Lipinski definition) is 6. The third kappa shape index (κ3) is 5.66. The summed E-state index contributed by atoms with van der Waals surface area (Å²) in [5, 5.41) is 15.6. The molecular weight excluding hydrogens is 310 g/mol. The van der Waals surface area contributed by atoms with E-state index >= 15 is 0 Å². The van der Waals surface area contributed by atoms with Crippen molar-refractivity contribution in [2.24, 2.45) is 0 Å². The maximum atomic E-state index is 12.1. The van der Waals surface area contributed by atoms with Crippen molar-refractivity contribution in [3.8, 4) is 0 Å². The first-order valence-corrected chi connectivity index (χ1v) is 7.84. The molecule has 0 aliphatic heterocycles. The molecule has 0 saturated heterocycles. The normalized spacial score (nSPS) is 12.7. The van der Waals surface area contributed by atoms with Gasteiger partial charge in [0, 0.05) is 12.8 Å². The highest BCUT2D eigenvalue weighted by molar-refractivity contribution is 5.68. The van der Waals surface area contributed by atoms with E-state index in [0.29, 0.717) is 18.7 Å². The van der Waals surface area contributed by atoms with Crippen molar-refractivity contribution in [2.45, 2.75) is 45.3 Å². The highest BCUT2D eigenvalue weighted by atomic mass is 16.6. The Balaban J connectivity index is 2.15. The van der Waals surface area contributed by atoms with Crippen LogP contribution in [0.5, 0.6) is 0 Å². The van der Waals surface area contributed by atoms with E-state index in [-0.39, 0.29) is 12.5 Å². The minimum Gasteiger partial charge on any atom is -0.444 e. The molecule has 7 nitrogen and oxygen atoms in total. The average molecular weight is 333 g/mol. The van der Waals surface area contributed by atoms with Crippen LogP contribution in [0, 0.1) is 0 Å². The molecule has 0 bridgehead atoms. The molecule has 0 saturated carbocycles. The molecular formula is C17H23N3O4. The summed E-state index contributed by atoms with van der Waals surface area (Å²) < 4.78 is 10.5. The molecule has 2 aromatic rings. The van der Waals surface area contributed by atoms with Crippen LogP contribution in [0.25, 0.3) is 0 Å². The van der Waals surface area contributed by atoms with Crippen LogP contribution in [0.3, 0.4) is 0 Å². The Labute approximate surface area is 141 Å². The van der Waals surface area contributed by atoms with Crippen LogP contribution in [0.1, 0.15) is 44.1 Å². The molecule has 0 unspecified atom stereocenters. The number of nitrogens with one attached hydrogen (secondary N) is 1. The molecule has 1 amide bonds. The summed E-state index contributed by atoms with van der Waals surface area (Å²) in [5.41, 5.74) is 0.415. The van der Waals surface area contributed by atoms with Crippen LogP contribution in [-0.2, 0) is 17.6 Å². The van der Waals surface area contributed by atoms with Crippen LogP contribution in [0.2, 0.25) is 0 Å². The van der Waals surface area contributed by atoms with Crippen molar-refractivity contribution in [3.05, 3.63) is 47.6 Å². The fraction of sp³-hybridized carbons (Fsp3) is 0.471. The fourth-order valence-electron chi connectivity index (χ4n) is 2.11. The number of rotatable bonds is 6. The van der Waals surface area contributed by atoms with Gasteiger partial charge in [-0.05, 0) is 26.3 Å². The van der Waals surface area contributed by atoms with Gasteiger partial charge in [-0.15, -0.1) is 0 Å². The third-order valence-corrected chi connectivity index (χ3v) is 3.09. The maximum absolute atomic E-state index is 12.1. The minimum absolute atomic E-state index is 0.0676. The van der Waals surface area contributed by atoms with Crippen LogP contribution in [-0.4, -0.2) is 33.5 Å². The highest BCUT2D eigenvalue weighted by Gasteiger charge is 2.25. The number of benzene rings is 1. The Morgan fingerprint density at radius 2 is 2.04 bits per heavy atom. The van der Waals surface area contributed by atoms with Crippen molar-refractivity contribution in [1.82, 2.24) is 15.5 Å². The zero-order chi connectivity index (χ0) is 17.6. The first kappa shape index (κ1) is 17.9. The summed E-state index contributed by atoms with van der Waals surface area (Å²) in [6, 6.07) is 9.16. The zero-order valence-electron chi connectivity index (χ0n) is 14.2. The number of amides is 1. The smallest absolute Gasteiger partial charge is 0.408 e. The van der Waals surface area contributed by atoms with Crippen molar-refractivity contribution < 1.29 is 19.2 Å². The van der Waals surface area contributed by atoms with Crippen LogP contribution in [0.15, 0.2) is 34.9 Å². The topological polar surface area (TPSA) is 97.5 Å². The Morgan fingerprint density at radius 1 is 1.33 bits per heavy atom. The number of carbonyl (C=O) groups is 1.